The summed E-state index contributed by atoms with van der Waals surface area (Å²) in [5.74, 6) is 1.02. The summed E-state index contributed by atoms with van der Waals surface area (Å²) in [6.07, 6.45) is 5.94. The Morgan fingerprint density at radius 1 is 1.39 bits per heavy atom. The van der Waals surface area contributed by atoms with E-state index in [0.717, 1.165) is 39.0 Å². The molecule has 1 heterocycles. The highest BCUT2D eigenvalue weighted by atomic mass is 35.5. The van der Waals surface area contributed by atoms with Crippen molar-refractivity contribution in [2.75, 3.05) is 26.2 Å². The summed E-state index contributed by atoms with van der Waals surface area (Å²) < 4.78 is 0. The van der Waals surface area contributed by atoms with Crippen molar-refractivity contribution in [1.82, 2.24) is 10.2 Å². The molecule has 0 aromatic heterocycles. The predicted molar refractivity (Wildman–Crippen MR) is 77.1 cm³/mol. The molecular weight excluding hydrogens is 248 g/mol. The van der Waals surface area contributed by atoms with Crippen LogP contribution in [0.5, 0.6) is 0 Å². The third kappa shape index (κ3) is 2.67. The first-order valence-corrected chi connectivity index (χ1v) is 7.24. The molecule has 0 spiro atoms. The smallest absolute Gasteiger partial charge is 0.230 e. The molecule has 1 aliphatic carbocycles. The minimum Gasteiger partial charge on any atom is -0.342 e. The zero-order chi connectivity index (χ0) is 12.3. The Kier molecular flexibility index (Phi) is 5.93. The van der Waals surface area contributed by atoms with E-state index >= 15 is 0 Å². The van der Waals surface area contributed by atoms with Gasteiger partial charge in [-0.3, -0.25) is 4.79 Å². The fourth-order valence-electron chi connectivity index (χ4n) is 3.66. The molecule has 4 heteroatoms. The molecular formula is C14H27ClN2O. The molecule has 3 nitrogen and oxygen atoms in total. The van der Waals surface area contributed by atoms with Crippen LogP contribution in [0.3, 0.4) is 0 Å². The zero-order valence-corrected chi connectivity index (χ0v) is 12.5. The summed E-state index contributed by atoms with van der Waals surface area (Å²) >= 11 is 0. The van der Waals surface area contributed by atoms with E-state index in [1.807, 2.05) is 0 Å². The summed E-state index contributed by atoms with van der Waals surface area (Å²) in [6.45, 7) is 8.00. The van der Waals surface area contributed by atoms with Crippen molar-refractivity contribution >= 4 is 18.3 Å². The minimum atomic E-state index is -0.0522. The second-order valence-corrected chi connectivity index (χ2v) is 5.61. The van der Waals surface area contributed by atoms with Crippen LogP contribution in [0.25, 0.3) is 0 Å². The van der Waals surface area contributed by atoms with Gasteiger partial charge in [-0.05, 0) is 38.6 Å². The molecule has 1 aliphatic heterocycles. The number of nitrogens with one attached hydrogen (secondary N) is 1. The Bertz CT molecular complexity index is 285. The Morgan fingerprint density at radius 2 is 2.17 bits per heavy atom. The second-order valence-electron chi connectivity index (χ2n) is 5.61. The molecule has 0 aromatic rings. The zero-order valence-electron chi connectivity index (χ0n) is 11.7. The van der Waals surface area contributed by atoms with Gasteiger partial charge in [-0.25, -0.2) is 0 Å². The number of nitrogens with zero attached hydrogens (tertiary/aromatic N) is 1. The molecule has 106 valence electrons. The van der Waals surface area contributed by atoms with Crippen LogP contribution >= 0.6 is 12.4 Å². The van der Waals surface area contributed by atoms with Gasteiger partial charge in [0, 0.05) is 19.6 Å². The number of rotatable bonds is 4. The molecule has 1 N–H and O–H groups in total. The molecule has 2 rings (SSSR count). The van der Waals surface area contributed by atoms with E-state index in [4.69, 9.17) is 0 Å². The third-order valence-electron chi connectivity index (χ3n) is 4.63. The molecule has 18 heavy (non-hydrogen) atoms. The van der Waals surface area contributed by atoms with Crippen molar-refractivity contribution in [2.24, 2.45) is 11.3 Å². The van der Waals surface area contributed by atoms with Gasteiger partial charge in [0.05, 0.1) is 5.41 Å². The average Bonchev–Trinajstić information content (AvgIpc) is 2.80. The van der Waals surface area contributed by atoms with Gasteiger partial charge >= 0.3 is 0 Å². The Morgan fingerprint density at radius 3 is 2.83 bits per heavy atom. The van der Waals surface area contributed by atoms with Gasteiger partial charge in [-0.2, -0.15) is 0 Å². The lowest BCUT2D eigenvalue weighted by Crippen LogP contribution is -2.49. The second kappa shape index (κ2) is 6.76. The molecule has 1 saturated carbocycles. The van der Waals surface area contributed by atoms with Crippen molar-refractivity contribution in [3.05, 3.63) is 0 Å². The maximum atomic E-state index is 12.8. The van der Waals surface area contributed by atoms with Crippen LogP contribution in [0.1, 0.15) is 46.0 Å². The molecule has 2 atom stereocenters. The average molecular weight is 275 g/mol. The lowest BCUT2D eigenvalue weighted by Gasteiger charge is -2.40. The number of carbonyl (C=O) groups excluding carboxylic acids is 1. The summed E-state index contributed by atoms with van der Waals surface area (Å²) in [6, 6.07) is 0. The van der Waals surface area contributed by atoms with Crippen LogP contribution in [0.4, 0.5) is 0 Å². The lowest BCUT2D eigenvalue weighted by atomic mass is 9.67. The molecule has 0 radical (unpaired) electrons. The number of carbonyl (C=O) groups is 1. The maximum absolute atomic E-state index is 12.8. The van der Waals surface area contributed by atoms with Crippen LogP contribution < -0.4 is 5.32 Å². The molecule has 1 saturated heterocycles. The molecule has 0 unspecified atom stereocenters. The van der Waals surface area contributed by atoms with Gasteiger partial charge in [0.2, 0.25) is 5.91 Å². The van der Waals surface area contributed by atoms with E-state index in [2.05, 4.69) is 24.1 Å². The van der Waals surface area contributed by atoms with Crippen molar-refractivity contribution < 1.29 is 4.79 Å². The van der Waals surface area contributed by atoms with Crippen LogP contribution in [0.2, 0.25) is 0 Å². The van der Waals surface area contributed by atoms with E-state index in [1.165, 1.54) is 19.3 Å². The van der Waals surface area contributed by atoms with Gasteiger partial charge in [-0.15, -0.1) is 12.4 Å². The highest BCUT2D eigenvalue weighted by Crippen LogP contribution is 2.45. The Balaban J connectivity index is 0.00000162. The standard InChI is InChI=1S/C14H26N2O.ClH/c1-3-9-16(4-2)13(17)14-8-6-5-7-12(14)10-15-11-14;/h12,15H,3-11H2,1-2H3;1H/t12-,14+;/m0./s1. The molecule has 2 aliphatic rings. The predicted octanol–water partition coefficient (Wildman–Crippen LogP) is 2.45. The molecule has 0 bridgehead atoms. The molecule has 1 amide bonds. The minimum absolute atomic E-state index is 0. The fourth-order valence-corrected chi connectivity index (χ4v) is 3.66. The Hall–Kier alpha value is -0.280. The maximum Gasteiger partial charge on any atom is 0.230 e. The van der Waals surface area contributed by atoms with Gasteiger partial charge in [0.15, 0.2) is 0 Å². The fraction of sp³-hybridized carbons (Fsp3) is 0.929. The highest BCUT2D eigenvalue weighted by molar-refractivity contribution is 5.85. The van der Waals surface area contributed by atoms with Crippen molar-refractivity contribution in [1.29, 1.82) is 0 Å². The van der Waals surface area contributed by atoms with Gasteiger partial charge in [0.1, 0.15) is 0 Å². The van der Waals surface area contributed by atoms with E-state index < -0.39 is 0 Å². The van der Waals surface area contributed by atoms with Crippen LogP contribution in [0.15, 0.2) is 0 Å². The van der Waals surface area contributed by atoms with Crippen molar-refractivity contribution in [3.63, 3.8) is 0 Å². The highest BCUT2D eigenvalue weighted by Gasteiger charge is 2.50. The first kappa shape index (κ1) is 15.8. The van der Waals surface area contributed by atoms with Crippen LogP contribution in [-0.4, -0.2) is 37.0 Å². The van der Waals surface area contributed by atoms with Crippen molar-refractivity contribution in [3.8, 4) is 0 Å². The van der Waals surface area contributed by atoms with E-state index in [-0.39, 0.29) is 17.8 Å². The summed E-state index contributed by atoms with van der Waals surface area (Å²) in [7, 11) is 0. The van der Waals surface area contributed by atoms with Crippen LogP contribution in [-0.2, 0) is 4.79 Å². The van der Waals surface area contributed by atoms with Gasteiger partial charge in [-0.1, -0.05) is 19.8 Å². The monoisotopic (exact) mass is 274 g/mol. The first-order chi connectivity index (χ1) is 8.24. The quantitative estimate of drug-likeness (QED) is 0.854. The normalized spacial score (nSPS) is 30.4. The lowest BCUT2D eigenvalue weighted by molar-refractivity contribution is -0.145. The van der Waals surface area contributed by atoms with Gasteiger partial charge in [0.25, 0.3) is 0 Å². The Labute approximate surface area is 117 Å². The first-order valence-electron chi connectivity index (χ1n) is 7.24. The van der Waals surface area contributed by atoms with Crippen LogP contribution in [0, 0.1) is 11.3 Å². The summed E-state index contributed by atoms with van der Waals surface area (Å²) in [5, 5.41) is 3.46. The number of hydrogen-bond donors (Lipinski definition) is 1. The van der Waals surface area contributed by atoms with Gasteiger partial charge < -0.3 is 10.2 Å². The topological polar surface area (TPSA) is 32.3 Å². The summed E-state index contributed by atoms with van der Waals surface area (Å²) in [4.78, 5) is 14.9. The molecule has 0 aromatic carbocycles. The summed E-state index contributed by atoms with van der Waals surface area (Å²) in [5.41, 5.74) is -0.0522. The van der Waals surface area contributed by atoms with E-state index in [0.29, 0.717) is 11.8 Å². The SMILES string of the molecule is CCCN(CC)C(=O)[C@@]12CCCC[C@H]1CNC2.Cl. The van der Waals surface area contributed by atoms with Crippen molar-refractivity contribution in [2.45, 2.75) is 46.0 Å². The molecule has 2 fully saturated rings. The van der Waals surface area contributed by atoms with E-state index in [9.17, 15) is 4.79 Å². The largest absolute Gasteiger partial charge is 0.342 e. The number of amides is 1. The number of hydrogen-bond acceptors (Lipinski definition) is 2. The van der Waals surface area contributed by atoms with E-state index in [1.54, 1.807) is 0 Å². The number of halogens is 1. The third-order valence-corrected chi connectivity index (χ3v) is 4.63. The number of fused-ring (bicyclic) bond motifs is 1.